The van der Waals surface area contributed by atoms with Gasteiger partial charge in [-0.2, -0.15) is 0 Å². The maximum absolute atomic E-state index is 12.8. The number of rotatable bonds is 4. The molecule has 0 bridgehead atoms. The average molecular weight is 543 g/mol. The van der Waals surface area contributed by atoms with Gasteiger partial charge in [-0.3, -0.25) is 9.78 Å². The molecule has 4 rings (SSSR count). The summed E-state index contributed by atoms with van der Waals surface area (Å²) < 4.78 is 1.01. The third-order valence-electron chi connectivity index (χ3n) is 4.63. The summed E-state index contributed by atoms with van der Waals surface area (Å²) in [6, 6.07) is 19.5. The normalized spacial score (nSPS) is 10.6. The second-order valence-corrected chi connectivity index (χ2v) is 8.28. The number of aromatic nitrogens is 1. The molecule has 1 heterocycles. The number of nitrogens with zero attached hydrogens (tertiary/aromatic N) is 1. The zero-order valence-corrected chi connectivity index (χ0v) is 18.9. The summed E-state index contributed by atoms with van der Waals surface area (Å²) >= 11 is 8.49. The molecule has 0 fully saturated rings. The molecule has 31 heavy (non-hydrogen) atoms. The first-order chi connectivity index (χ1) is 14.9. The Morgan fingerprint density at radius 3 is 2.45 bits per heavy atom. The molecule has 0 atom stereocenters. The molecule has 0 saturated heterocycles. The van der Waals surface area contributed by atoms with Gasteiger partial charge in [-0.15, -0.1) is 0 Å². The van der Waals surface area contributed by atoms with Crippen molar-refractivity contribution in [3.63, 3.8) is 0 Å². The van der Waals surface area contributed by atoms with Crippen molar-refractivity contribution in [3.05, 3.63) is 87.1 Å². The number of nitrogens with one attached hydrogen (secondary N) is 2. The number of urea groups is 1. The van der Waals surface area contributed by atoms with Crippen LogP contribution < -0.4 is 16.4 Å². The minimum absolute atomic E-state index is 0.199. The average Bonchev–Trinajstić information content (AvgIpc) is 2.74. The number of hydrogen-bond donors (Lipinski definition) is 3. The Kier molecular flexibility index (Phi) is 6.06. The number of carbonyl (C=O) groups is 2. The monoisotopic (exact) mass is 542 g/mol. The molecule has 0 aliphatic heterocycles. The SMILES string of the molecule is NC(=O)Nc1ccc(C(=O)Nc2ccc(I)c(-c3nccc4ccccc34)c2)c(Cl)c1. The minimum atomic E-state index is -0.707. The van der Waals surface area contributed by atoms with Gasteiger partial charge in [-0.05, 0) is 70.4 Å². The molecular formula is C23H16ClIN4O2. The highest BCUT2D eigenvalue weighted by Gasteiger charge is 2.14. The maximum Gasteiger partial charge on any atom is 0.316 e. The van der Waals surface area contributed by atoms with Gasteiger partial charge in [0.05, 0.1) is 16.3 Å². The molecule has 0 aliphatic carbocycles. The van der Waals surface area contributed by atoms with E-state index < -0.39 is 6.03 Å². The highest BCUT2D eigenvalue weighted by atomic mass is 127. The lowest BCUT2D eigenvalue weighted by atomic mass is 10.0. The van der Waals surface area contributed by atoms with E-state index in [1.807, 2.05) is 48.5 Å². The number of amides is 3. The minimum Gasteiger partial charge on any atom is -0.351 e. The largest absolute Gasteiger partial charge is 0.351 e. The summed E-state index contributed by atoms with van der Waals surface area (Å²) in [4.78, 5) is 28.4. The van der Waals surface area contributed by atoms with E-state index in [0.29, 0.717) is 11.4 Å². The fourth-order valence-corrected chi connectivity index (χ4v) is 4.09. The van der Waals surface area contributed by atoms with Gasteiger partial charge < -0.3 is 16.4 Å². The van der Waals surface area contributed by atoms with Crippen molar-refractivity contribution in [2.24, 2.45) is 5.73 Å². The van der Waals surface area contributed by atoms with Crippen LogP contribution in [0, 0.1) is 3.57 Å². The van der Waals surface area contributed by atoms with Crippen molar-refractivity contribution in [1.29, 1.82) is 0 Å². The van der Waals surface area contributed by atoms with E-state index in [-0.39, 0.29) is 16.5 Å². The van der Waals surface area contributed by atoms with Crippen LogP contribution in [0.3, 0.4) is 0 Å². The van der Waals surface area contributed by atoms with Gasteiger partial charge in [0.1, 0.15) is 0 Å². The third-order valence-corrected chi connectivity index (χ3v) is 5.89. The van der Waals surface area contributed by atoms with Gasteiger partial charge in [0, 0.05) is 32.1 Å². The van der Waals surface area contributed by atoms with E-state index in [4.69, 9.17) is 17.3 Å². The number of halogens is 2. The summed E-state index contributed by atoms with van der Waals surface area (Å²) in [5, 5.41) is 7.63. The summed E-state index contributed by atoms with van der Waals surface area (Å²) in [6.07, 6.45) is 1.78. The van der Waals surface area contributed by atoms with Gasteiger partial charge in [0.25, 0.3) is 5.91 Å². The second kappa shape index (κ2) is 8.91. The van der Waals surface area contributed by atoms with Crippen LogP contribution in [0.4, 0.5) is 16.2 Å². The molecule has 0 saturated carbocycles. The Labute approximate surface area is 197 Å². The van der Waals surface area contributed by atoms with Crippen molar-refractivity contribution < 1.29 is 9.59 Å². The first-order valence-corrected chi connectivity index (χ1v) is 10.7. The summed E-state index contributed by atoms with van der Waals surface area (Å²) in [5.74, 6) is -0.367. The molecule has 3 amide bonds. The number of benzene rings is 3. The van der Waals surface area contributed by atoms with Crippen LogP contribution in [0.2, 0.25) is 5.02 Å². The molecule has 0 spiro atoms. The van der Waals surface area contributed by atoms with Crippen LogP contribution in [0.1, 0.15) is 10.4 Å². The van der Waals surface area contributed by atoms with E-state index >= 15 is 0 Å². The van der Waals surface area contributed by atoms with Crippen molar-refractivity contribution in [2.45, 2.75) is 0 Å². The van der Waals surface area contributed by atoms with E-state index in [0.717, 1.165) is 25.6 Å². The molecule has 4 aromatic rings. The van der Waals surface area contributed by atoms with Crippen LogP contribution in [-0.4, -0.2) is 16.9 Å². The zero-order valence-electron chi connectivity index (χ0n) is 16.0. The Hall–Kier alpha value is -3.17. The van der Waals surface area contributed by atoms with Gasteiger partial charge in [-0.25, -0.2) is 4.79 Å². The Bertz CT molecular complexity index is 1320. The van der Waals surface area contributed by atoms with Gasteiger partial charge >= 0.3 is 6.03 Å². The number of pyridine rings is 1. The standard InChI is InChI=1S/C23H16ClIN4O2/c24-19-12-15(29-23(26)31)5-7-17(19)22(30)28-14-6-8-20(25)18(11-14)21-16-4-2-1-3-13(16)9-10-27-21/h1-12H,(H,28,30)(H3,26,29,31). The predicted molar refractivity (Wildman–Crippen MR) is 133 cm³/mol. The zero-order chi connectivity index (χ0) is 22.0. The van der Waals surface area contributed by atoms with Crippen molar-refractivity contribution in [2.75, 3.05) is 10.6 Å². The maximum atomic E-state index is 12.8. The van der Waals surface area contributed by atoms with Gasteiger partial charge in [0.15, 0.2) is 0 Å². The Morgan fingerprint density at radius 1 is 0.935 bits per heavy atom. The highest BCUT2D eigenvalue weighted by molar-refractivity contribution is 14.1. The van der Waals surface area contributed by atoms with E-state index in [1.165, 1.54) is 12.1 Å². The number of hydrogen-bond acceptors (Lipinski definition) is 3. The summed E-state index contributed by atoms with van der Waals surface area (Å²) in [5.41, 5.74) is 8.17. The van der Waals surface area contributed by atoms with Gasteiger partial charge in [0.2, 0.25) is 0 Å². The Balaban J connectivity index is 1.65. The number of nitrogens with two attached hydrogens (primary N) is 1. The fourth-order valence-electron chi connectivity index (χ4n) is 3.24. The molecule has 0 radical (unpaired) electrons. The molecule has 1 aromatic heterocycles. The number of fused-ring (bicyclic) bond motifs is 1. The smallest absolute Gasteiger partial charge is 0.316 e. The highest BCUT2D eigenvalue weighted by Crippen LogP contribution is 2.32. The molecule has 154 valence electrons. The van der Waals surface area contributed by atoms with Crippen LogP contribution in [0.5, 0.6) is 0 Å². The summed E-state index contributed by atoms with van der Waals surface area (Å²) in [6.45, 7) is 0. The number of carbonyl (C=O) groups excluding carboxylic acids is 2. The second-order valence-electron chi connectivity index (χ2n) is 6.71. The first-order valence-electron chi connectivity index (χ1n) is 9.23. The lowest BCUT2D eigenvalue weighted by Gasteiger charge is -2.12. The Morgan fingerprint density at radius 2 is 1.68 bits per heavy atom. The topological polar surface area (TPSA) is 97.1 Å². The van der Waals surface area contributed by atoms with Crippen LogP contribution in [-0.2, 0) is 0 Å². The van der Waals surface area contributed by atoms with Crippen LogP contribution in [0.25, 0.3) is 22.0 Å². The molecule has 0 unspecified atom stereocenters. The quantitative estimate of drug-likeness (QED) is 0.280. The van der Waals surface area contributed by atoms with E-state index in [1.54, 1.807) is 12.3 Å². The molecule has 8 heteroatoms. The lowest BCUT2D eigenvalue weighted by Crippen LogP contribution is -2.19. The van der Waals surface area contributed by atoms with Crippen molar-refractivity contribution in [1.82, 2.24) is 4.98 Å². The van der Waals surface area contributed by atoms with E-state index in [2.05, 4.69) is 38.2 Å². The first kappa shape index (κ1) is 21.1. The van der Waals surface area contributed by atoms with Crippen LogP contribution >= 0.6 is 34.2 Å². The molecule has 0 aliphatic rings. The molecular weight excluding hydrogens is 527 g/mol. The fraction of sp³-hybridized carbons (Fsp3) is 0. The molecule has 4 N–H and O–H groups in total. The number of primary amides is 1. The van der Waals surface area contributed by atoms with Crippen LogP contribution in [0.15, 0.2) is 72.9 Å². The predicted octanol–water partition coefficient (Wildman–Crippen LogP) is 5.90. The van der Waals surface area contributed by atoms with Gasteiger partial charge in [-0.1, -0.05) is 35.9 Å². The summed E-state index contributed by atoms with van der Waals surface area (Å²) in [7, 11) is 0. The lowest BCUT2D eigenvalue weighted by molar-refractivity contribution is 0.102. The number of anilines is 2. The van der Waals surface area contributed by atoms with Crippen molar-refractivity contribution >= 4 is 68.3 Å². The van der Waals surface area contributed by atoms with E-state index in [9.17, 15) is 9.59 Å². The molecule has 6 nitrogen and oxygen atoms in total. The molecule has 3 aromatic carbocycles. The van der Waals surface area contributed by atoms with Crippen molar-refractivity contribution in [3.8, 4) is 11.3 Å². The third kappa shape index (κ3) is 4.62.